The van der Waals surface area contributed by atoms with Crippen LogP contribution in [0.15, 0.2) is 72.8 Å². The molecule has 0 fully saturated rings. The van der Waals surface area contributed by atoms with Gasteiger partial charge in [-0.3, -0.25) is 24.0 Å². The molecule has 0 spiro atoms. The van der Waals surface area contributed by atoms with E-state index in [0.717, 1.165) is 21.9 Å². The fraction of sp³-hybridized carbons (Fsp3) is 0.425. The third kappa shape index (κ3) is 14.4. The van der Waals surface area contributed by atoms with Crippen molar-refractivity contribution in [1.29, 1.82) is 0 Å². The summed E-state index contributed by atoms with van der Waals surface area (Å²) >= 11 is 0. The molecule has 0 saturated carbocycles. The predicted octanol–water partition coefficient (Wildman–Crippen LogP) is 2.73. The number of nitrogens with one attached hydrogen (secondary N) is 5. The molecular weight excluding hydrogens is 706 g/mol. The summed E-state index contributed by atoms with van der Waals surface area (Å²) in [5, 5.41) is 14.6. The van der Waals surface area contributed by atoms with Crippen molar-refractivity contribution in [1.82, 2.24) is 26.6 Å². The molecule has 15 heteroatoms. The largest absolute Gasteiger partial charge is 0.445 e. The maximum Gasteiger partial charge on any atom is 0.408 e. The van der Waals surface area contributed by atoms with E-state index in [4.69, 9.17) is 16.2 Å². The second kappa shape index (κ2) is 21.6. The van der Waals surface area contributed by atoms with E-state index >= 15 is 0 Å². The van der Waals surface area contributed by atoms with Crippen molar-refractivity contribution in [3.8, 4) is 0 Å². The lowest BCUT2D eigenvalue weighted by Gasteiger charge is -2.27. The number of carbonyl (C=O) groups excluding carboxylic acids is 7. The molecule has 0 bridgehead atoms. The Bertz CT molecular complexity index is 1800. The highest BCUT2D eigenvalue weighted by atomic mass is 16.5. The minimum absolute atomic E-state index is 0.0200. The van der Waals surface area contributed by atoms with Gasteiger partial charge in [0.05, 0.1) is 6.04 Å². The van der Waals surface area contributed by atoms with Gasteiger partial charge in [-0.05, 0) is 53.0 Å². The summed E-state index contributed by atoms with van der Waals surface area (Å²) in [6.45, 7) is 7.21. The summed E-state index contributed by atoms with van der Waals surface area (Å²) < 4.78 is 5.30. The number of fused-ring (bicyclic) bond motifs is 1. The van der Waals surface area contributed by atoms with Gasteiger partial charge >= 0.3 is 12.1 Å². The van der Waals surface area contributed by atoms with E-state index in [0.29, 0.717) is 6.42 Å². The first-order chi connectivity index (χ1) is 26.2. The van der Waals surface area contributed by atoms with E-state index in [9.17, 15) is 33.6 Å². The van der Waals surface area contributed by atoms with Gasteiger partial charge in [-0.2, -0.15) is 0 Å². The zero-order valence-electron chi connectivity index (χ0n) is 31.8. The highest BCUT2D eigenvalue weighted by Crippen LogP contribution is 2.17. The van der Waals surface area contributed by atoms with Crippen molar-refractivity contribution in [2.24, 2.45) is 23.3 Å². The Labute approximate surface area is 321 Å². The van der Waals surface area contributed by atoms with Gasteiger partial charge in [-0.1, -0.05) is 107 Å². The van der Waals surface area contributed by atoms with E-state index in [1.54, 1.807) is 38.1 Å². The normalized spacial score (nSPS) is 13.7. The van der Waals surface area contributed by atoms with E-state index < -0.39 is 71.6 Å². The van der Waals surface area contributed by atoms with Crippen LogP contribution in [0.3, 0.4) is 0 Å². The zero-order chi connectivity index (χ0) is 40.5. The number of Topliss-reactive ketones (excluding diaryl/α,β-unsaturated/α-hetero) is 1. The molecule has 0 aliphatic rings. The number of primary amides is 2. The van der Waals surface area contributed by atoms with Crippen molar-refractivity contribution in [2.45, 2.75) is 90.6 Å². The molecule has 7 amide bonds. The number of urea groups is 1. The summed E-state index contributed by atoms with van der Waals surface area (Å²) in [6, 6.07) is 16.5. The van der Waals surface area contributed by atoms with Gasteiger partial charge in [0.2, 0.25) is 23.5 Å². The molecule has 3 aromatic rings. The molecule has 0 saturated heterocycles. The lowest BCUT2D eigenvalue weighted by molar-refractivity contribution is -0.142. The molecule has 3 rings (SSSR count). The number of ketones is 1. The van der Waals surface area contributed by atoms with Gasteiger partial charge in [0, 0.05) is 13.0 Å². The van der Waals surface area contributed by atoms with Crippen LogP contribution >= 0.6 is 0 Å². The Morgan fingerprint density at radius 2 is 1.36 bits per heavy atom. The average Bonchev–Trinajstić information content (AvgIpc) is 3.15. The number of nitrogens with two attached hydrogens (primary N) is 2. The SMILES string of the molecule is CCC(C)C(NC(=O)C(CC(C)C)NC(=O)OCc1ccccc1)C(=O)C(=O)NC(CCCNC(N)=O)C(=O)NC(Cc1ccc2ccccc2c1)C(N)=O. The van der Waals surface area contributed by atoms with Crippen LogP contribution in [0.25, 0.3) is 10.8 Å². The molecule has 15 nitrogen and oxygen atoms in total. The lowest BCUT2D eigenvalue weighted by Crippen LogP contribution is -2.58. The van der Waals surface area contributed by atoms with Crippen LogP contribution in [-0.2, 0) is 41.7 Å². The fourth-order valence-corrected chi connectivity index (χ4v) is 5.82. The van der Waals surface area contributed by atoms with Crippen molar-refractivity contribution in [3.05, 3.63) is 83.9 Å². The molecule has 5 unspecified atom stereocenters. The van der Waals surface area contributed by atoms with Crippen LogP contribution in [0.4, 0.5) is 9.59 Å². The summed E-state index contributed by atoms with van der Waals surface area (Å²) in [6.07, 6.45) is -0.0650. The summed E-state index contributed by atoms with van der Waals surface area (Å²) in [4.78, 5) is 91.0. The Kier molecular flexibility index (Phi) is 17.1. The number of alkyl carbamates (subject to hydrolysis) is 1. The topological polar surface area (TPSA) is 241 Å². The number of carbonyl (C=O) groups is 7. The second-order valence-corrected chi connectivity index (χ2v) is 13.9. The monoisotopic (exact) mass is 759 g/mol. The Balaban J connectivity index is 1.75. The molecule has 9 N–H and O–H groups in total. The van der Waals surface area contributed by atoms with Crippen molar-refractivity contribution < 1.29 is 38.3 Å². The summed E-state index contributed by atoms with van der Waals surface area (Å²) in [7, 11) is 0. The lowest BCUT2D eigenvalue weighted by atomic mass is 9.93. The van der Waals surface area contributed by atoms with Gasteiger partial charge in [0.25, 0.3) is 5.91 Å². The Morgan fingerprint density at radius 1 is 0.709 bits per heavy atom. The van der Waals surface area contributed by atoms with Crippen LogP contribution in [0.5, 0.6) is 0 Å². The van der Waals surface area contributed by atoms with Crippen molar-refractivity contribution in [3.63, 3.8) is 0 Å². The molecule has 0 aliphatic carbocycles. The zero-order valence-corrected chi connectivity index (χ0v) is 31.8. The smallest absolute Gasteiger partial charge is 0.408 e. The number of hydrogen-bond donors (Lipinski definition) is 7. The molecule has 0 radical (unpaired) electrons. The van der Waals surface area contributed by atoms with Crippen LogP contribution in [0.2, 0.25) is 0 Å². The van der Waals surface area contributed by atoms with Gasteiger partial charge in [-0.15, -0.1) is 0 Å². The molecule has 0 heterocycles. The van der Waals surface area contributed by atoms with Crippen molar-refractivity contribution >= 4 is 52.3 Å². The van der Waals surface area contributed by atoms with E-state index in [2.05, 4.69) is 26.6 Å². The van der Waals surface area contributed by atoms with Crippen LogP contribution in [-0.4, -0.2) is 72.2 Å². The molecule has 0 aliphatic heterocycles. The van der Waals surface area contributed by atoms with E-state index in [1.165, 1.54) is 0 Å². The quantitative estimate of drug-likeness (QED) is 0.0628. The van der Waals surface area contributed by atoms with Gasteiger partial charge in [0.1, 0.15) is 24.7 Å². The van der Waals surface area contributed by atoms with E-state index in [-0.39, 0.29) is 44.8 Å². The molecular formula is C40H53N7O8. The summed E-state index contributed by atoms with van der Waals surface area (Å²) in [5.74, 6) is -5.04. The third-order valence-corrected chi connectivity index (χ3v) is 9.05. The average molecular weight is 760 g/mol. The van der Waals surface area contributed by atoms with Gasteiger partial charge in [-0.25, -0.2) is 9.59 Å². The minimum Gasteiger partial charge on any atom is -0.445 e. The maximum absolute atomic E-state index is 13.7. The first-order valence-electron chi connectivity index (χ1n) is 18.4. The molecule has 296 valence electrons. The second-order valence-electron chi connectivity index (χ2n) is 13.9. The number of benzene rings is 3. The van der Waals surface area contributed by atoms with Gasteiger partial charge < -0.3 is 42.8 Å². The minimum atomic E-state index is -1.34. The van der Waals surface area contributed by atoms with Gasteiger partial charge in [0.15, 0.2) is 0 Å². The molecule has 0 aromatic heterocycles. The number of ether oxygens (including phenoxy) is 1. The van der Waals surface area contributed by atoms with Crippen LogP contribution in [0.1, 0.15) is 64.5 Å². The van der Waals surface area contributed by atoms with E-state index in [1.807, 2.05) is 62.4 Å². The highest BCUT2D eigenvalue weighted by molar-refractivity contribution is 6.39. The molecule has 5 atom stereocenters. The predicted molar refractivity (Wildman–Crippen MR) is 207 cm³/mol. The Morgan fingerprint density at radius 3 is 2.00 bits per heavy atom. The third-order valence-electron chi connectivity index (χ3n) is 9.05. The number of rotatable bonds is 21. The van der Waals surface area contributed by atoms with Crippen LogP contribution < -0.4 is 38.1 Å². The molecule has 55 heavy (non-hydrogen) atoms. The Hall–Kier alpha value is -5.99. The summed E-state index contributed by atoms with van der Waals surface area (Å²) in [5.41, 5.74) is 12.3. The van der Waals surface area contributed by atoms with Crippen molar-refractivity contribution in [2.75, 3.05) is 6.54 Å². The first-order valence-corrected chi connectivity index (χ1v) is 18.4. The maximum atomic E-state index is 13.7. The molecule has 3 aromatic carbocycles. The van der Waals surface area contributed by atoms with Crippen LogP contribution in [0, 0.1) is 11.8 Å². The standard InChI is InChI=1S/C40H53N7O8/c1-5-25(4)33(47-37(51)32(20-24(2)3)46-40(54)55-23-26-12-7-6-8-13-26)34(48)38(52)44-30(16-11-19-43-39(42)53)36(50)45-31(35(41)49)22-27-17-18-28-14-9-10-15-29(28)21-27/h6-10,12-15,17-18,21,24-25,30-33H,5,11,16,19-20,22-23H2,1-4H3,(H2,41,49)(H,44,52)(H,45,50)(H,46,54)(H,47,51)(H3,42,43,53). The number of amides is 7. The first kappa shape index (κ1) is 43.4. The number of hydrogen-bond acceptors (Lipinski definition) is 8. The fourth-order valence-electron chi connectivity index (χ4n) is 5.82. The highest BCUT2D eigenvalue weighted by Gasteiger charge is 2.36.